The fourth-order valence-electron chi connectivity index (χ4n) is 2.57. The molecule has 21 heavy (non-hydrogen) atoms. The van der Waals surface area contributed by atoms with Crippen LogP contribution in [0.15, 0.2) is 34.1 Å². The van der Waals surface area contributed by atoms with Crippen molar-refractivity contribution in [2.75, 3.05) is 43.4 Å². The zero-order valence-corrected chi connectivity index (χ0v) is 12.0. The van der Waals surface area contributed by atoms with E-state index >= 15 is 0 Å². The van der Waals surface area contributed by atoms with Gasteiger partial charge in [0.25, 0.3) is 10.9 Å². The van der Waals surface area contributed by atoms with Crippen LogP contribution in [0.1, 0.15) is 5.56 Å². The fourth-order valence-corrected chi connectivity index (χ4v) is 2.57. The van der Waals surface area contributed by atoms with Crippen molar-refractivity contribution in [1.29, 1.82) is 0 Å². The number of piperazine rings is 1. The highest BCUT2D eigenvalue weighted by Gasteiger charge is 2.27. The number of aromatic nitrogens is 1. The Balaban J connectivity index is 1.73. The molecule has 0 amide bonds. The summed E-state index contributed by atoms with van der Waals surface area (Å²) in [7, 11) is 2.06. The number of anilines is 2. The van der Waals surface area contributed by atoms with E-state index in [1.54, 1.807) is 12.4 Å². The minimum atomic E-state index is -0.409. The van der Waals surface area contributed by atoms with Crippen LogP contribution in [0, 0.1) is 0 Å². The van der Waals surface area contributed by atoms with E-state index in [0.717, 1.165) is 31.7 Å². The summed E-state index contributed by atoms with van der Waals surface area (Å²) in [4.78, 5) is 31.9. The molecule has 1 N–H and O–H groups in total. The Hall–Kier alpha value is -2.21. The number of hydrogen-bond donors (Lipinski definition) is 1. The van der Waals surface area contributed by atoms with Crippen LogP contribution in [0.4, 0.5) is 11.4 Å². The monoisotopic (exact) mass is 286 g/mol. The van der Waals surface area contributed by atoms with E-state index in [1.165, 1.54) is 0 Å². The second-order valence-electron chi connectivity index (χ2n) is 5.39. The molecule has 0 bridgehead atoms. The van der Waals surface area contributed by atoms with E-state index in [9.17, 15) is 9.59 Å². The first kappa shape index (κ1) is 13.8. The molecule has 0 saturated carbocycles. The van der Waals surface area contributed by atoms with Gasteiger partial charge in [-0.15, -0.1) is 0 Å². The summed E-state index contributed by atoms with van der Waals surface area (Å²) in [6.45, 7) is 3.87. The van der Waals surface area contributed by atoms with Gasteiger partial charge in [-0.2, -0.15) is 0 Å². The lowest BCUT2D eigenvalue weighted by atomic mass is 10.1. The topological polar surface area (TPSA) is 65.5 Å². The SMILES string of the molecule is CN1CCN(c2c(NCc3cccnc3)c(=O)c2=O)CC1. The van der Waals surface area contributed by atoms with E-state index in [4.69, 9.17) is 0 Å². The molecule has 1 fully saturated rings. The maximum absolute atomic E-state index is 11.8. The summed E-state index contributed by atoms with van der Waals surface area (Å²) in [5, 5.41) is 3.09. The van der Waals surface area contributed by atoms with Crippen molar-refractivity contribution in [1.82, 2.24) is 9.88 Å². The first-order valence-corrected chi connectivity index (χ1v) is 7.06. The molecule has 3 rings (SSSR count). The third-order valence-electron chi connectivity index (χ3n) is 3.90. The summed E-state index contributed by atoms with van der Waals surface area (Å²) < 4.78 is 0. The molecule has 0 radical (unpaired) electrons. The molecule has 1 aromatic heterocycles. The van der Waals surface area contributed by atoms with Gasteiger partial charge < -0.3 is 15.1 Å². The highest BCUT2D eigenvalue weighted by molar-refractivity contribution is 5.75. The highest BCUT2D eigenvalue weighted by atomic mass is 16.2. The van der Waals surface area contributed by atoms with Crippen molar-refractivity contribution in [3.63, 3.8) is 0 Å². The number of nitrogens with zero attached hydrogens (tertiary/aromatic N) is 3. The zero-order chi connectivity index (χ0) is 14.8. The molecular weight excluding hydrogens is 268 g/mol. The lowest BCUT2D eigenvalue weighted by Crippen LogP contribution is -2.50. The number of nitrogens with one attached hydrogen (secondary N) is 1. The van der Waals surface area contributed by atoms with Crippen LogP contribution in [0.3, 0.4) is 0 Å². The largest absolute Gasteiger partial charge is 0.376 e. The van der Waals surface area contributed by atoms with Gasteiger partial charge in [0.05, 0.1) is 0 Å². The van der Waals surface area contributed by atoms with Gasteiger partial charge in [-0.3, -0.25) is 14.6 Å². The lowest BCUT2D eigenvalue weighted by molar-refractivity contribution is 0.312. The third kappa shape index (κ3) is 2.67. The molecule has 0 atom stereocenters. The van der Waals surface area contributed by atoms with E-state index in [-0.39, 0.29) is 5.43 Å². The van der Waals surface area contributed by atoms with Crippen molar-refractivity contribution >= 4 is 11.4 Å². The second kappa shape index (κ2) is 5.65. The van der Waals surface area contributed by atoms with Crippen LogP contribution in [-0.2, 0) is 6.54 Å². The number of rotatable bonds is 4. The van der Waals surface area contributed by atoms with Crippen LogP contribution < -0.4 is 21.1 Å². The molecule has 0 aliphatic carbocycles. The number of pyridine rings is 1. The van der Waals surface area contributed by atoms with Crippen molar-refractivity contribution in [2.45, 2.75) is 6.54 Å². The molecule has 0 spiro atoms. The molecule has 2 aromatic rings. The zero-order valence-electron chi connectivity index (χ0n) is 12.0. The van der Waals surface area contributed by atoms with E-state index in [0.29, 0.717) is 17.9 Å². The maximum Gasteiger partial charge on any atom is 0.253 e. The standard InChI is InChI=1S/C15H18N4O2/c1-18-5-7-19(8-6-18)13-12(14(20)15(13)21)17-10-11-3-2-4-16-9-11/h2-4,9,17H,5-8,10H2,1H3. The average molecular weight is 286 g/mol. The molecule has 2 heterocycles. The van der Waals surface area contributed by atoms with Gasteiger partial charge in [0.15, 0.2) is 0 Å². The molecular formula is C15H18N4O2. The number of hydrogen-bond acceptors (Lipinski definition) is 6. The lowest BCUT2D eigenvalue weighted by Gasteiger charge is -2.35. The Kier molecular flexibility index (Phi) is 3.70. The molecule has 6 heteroatoms. The van der Waals surface area contributed by atoms with Gasteiger partial charge in [0.2, 0.25) is 0 Å². The second-order valence-corrected chi connectivity index (χ2v) is 5.39. The van der Waals surface area contributed by atoms with Gasteiger partial charge in [-0.1, -0.05) is 6.07 Å². The van der Waals surface area contributed by atoms with E-state index in [2.05, 4.69) is 22.2 Å². The number of likely N-dealkylation sites (N-methyl/N-ethyl adjacent to an activating group) is 1. The summed E-state index contributed by atoms with van der Waals surface area (Å²) in [6.07, 6.45) is 3.45. The van der Waals surface area contributed by atoms with Crippen LogP contribution in [0.25, 0.3) is 0 Å². The fraction of sp³-hybridized carbons (Fsp3) is 0.400. The van der Waals surface area contributed by atoms with Crippen molar-refractivity contribution < 1.29 is 0 Å². The van der Waals surface area contributed by atoms with Gasteiger partial charge >= 0.3 is 0 Å². The van der Waals surface area contributed by atoms with E-state index in [1.807, 2.05) is 17.0 Å². The third-order valence-corrected chi connectivity index (χ3v) is 3.90. The van der Waals surface area contributed by atoms with Crippen molar-refractivity contribution in [2.24, 2.45) is 0 Å². The van der Waals surface area contributed by atoms with E-state index < -0.39 is 5.43 Å². The average Bonchev–Trinajstić information content (AvgIpc) is 2.53. The highest BCUT2D eigenvalue weighted by Crippen LogP contribution is 2.21. The van der Waals surface area contributed by atoms with Gasteiger partial charge in [0.1, 0.15) is 11.4 Å². The molecule has 110 valence electrons. The summed E-state index contributed by atoms with van der Waals surface area (Å²) >= 11 is 0. The predicted octanol–water partition coefficient (Wildman–Crippen LogP) is 0.0415. The summed E-state index contributed by atoms with van der Waals surface area (Å²) in [5.74, 6) is 0. The minimum absolute atomic E-state index is 0.367. The minimum Gasteiger partial charge on any atom is -0.376 e. The van der Waals surface area contributed by atoms with Crippen LogP contribution >= 0.6 is 0 Å². The van der Waals surface area contributed by atoms with Crippen molar-refractivity contribution in [3.8, 4) is 0 Å². The van der Waals surface area contributed by atoms with Crippen LogP contribution in [0.2, 0.25) is 0 Å². The molecule has 1 aliphatic heterocycles. The Labute approximate surface area is 122 Å². The molecule has 0 unspecified atom stereocenters. The smallest absolute Gasteiger partial charge is 0.253 e. The van der Waals surface area contributed by atoms with Crippen LogP contribution in [-0.4, -0.2) is 43.1 Å². The summed E-state index contributed by atoms with van der Waals surface area (Å²) in [5.41, 5.74) is 1.21. The van der Waals surface area contributed by atoms with Crippen LogP contribution in [0.5, 0.6) is 0 Å². The van der Waals surface area contributed by atoms with Crippen molar-refractivity contribution in [3.05, 3.63) is 50.5 Å². The van der Waals surface area contributed by atoms with Gasteiger partial charge in [-0.05, 0) is 18.7 Å². The van der Waals surface area contributed by atoms with Gasteiger partial charge in [-0.25, -0.2) is 0 Å². The quantitative estimate of drug-likeness (QED) is 0.801. The predicted molar refractivity (Wildman–Crippen MR) is 82.6 cm³/mol. The summed E-state index contributed by atoms with van der Waals surface area (Å²) in [6, 6.07) is 3.78. The molecule has 1 aliphatic rings. The van der Waals surface area contributed by atoms with Gasteiger partial charge in [0, 0.05) is 45.1 Å². The normalized spacial score (nSPS) is 16.3. The Morgan fingerprint density at radius 1 is 1.19 bits per heavy atom. The first-order valence-electron chi connectivity index (χ1n) is 7.06. The maximum atomic E-state index is 11.8. The Morgan fingerprint density at radius 3 is 2.62 bits per heavy atom. The Bertz CT molecular complexity index is 683. The molecule has 1 saturated heterocycles. The molecule has 6 nitrogen and oxygen atoms in total. The first-order chi connectivity index (χ1) is 10.2. The molecule has 1 aromatic carbocycles. The Morgan fingerprint density at radius 2 is 1.95 bits per heavy atom.